The summed E-state index contributed by atoms with van der Waals surface area (Å²) in [4.78, 5) is 38.2. The van der Waals surface area contributed by atoms with Gasteiger partial charge in [0.15, 0.2) is 0 Å². The monoisotopic (exact) mass is 340 g/mol. The first-order valence-electron chi connectivity index (χ1n) is 8.80. The summed E-state index contributed by atoms with van der Waals surface area (Å²) in [6.45, 7) is 1.10. The van der Waals surface area contributed by atoms with Crippen LogP contribution in [0.25, 0.3) is 0 Å². The van der Waals surface area contributed by atoms with Crippen molar-refractivity contribution in [1.29, 1.82) is 0 Å². The van der Waals surface area contributed by atoms with E-state index in [4.69, 9.17) is 4.74 Å². The van der Waals surface area contributed by atoms with Crippen LogP contribution < -0.4 is 5.32 Å². The average molecular weight is 340 g/mol. The molecule has 7 heteroatoms. The van der Waals surface area contributed by atoms with E-state index in [1.54, 1.807) is 4.90 Å². The molecule has 0 aromatic rings. The molecular formula is C17H28N2O5. The number of hydrogen-bond acceptors (Lipinski definition) is 4. The summed E-state index contributed by atoms with van der Waals surface area (Å²) in [5.41, 5.74) is -1.31. The number of nitrogens with zero attached hydrogens (tertiary/aromatic N) is 1. The zero-order valence-electron chi connectivity index (χ0n) is 14.4. The Labute approximate surface area is 142 Å². The molecule has 1 heterocycles. The molecular weight excluding hydrogens is 312 g/mol. The zero-order valence-corrected chi connectivity index (χ0v) is 14.4. The molecule has 1 aliphatic carbocycles. The van der Waals surface area contributed by atoms with Crippen LogP contribution in [0.15, 0.2) is 0 Å². The maximum Gasteiger partial charge on any atom is 0.319 e. The lowest BCUT2D eigenvalue weighted by atomic mass is 9.79. The first-order valence-corrected chi connectivity index (χ1v) is 8.80. The van der Waals surface area contributed by atoms with Crippen molar-refractivity contribution in [2.45, 2.75) is 57.4 Å². The SMILES string of the molecule is COCC(=O)N1CCCC(NC(=O)C2(C(=O)O)CCCCCC2)C1. The molecule has 0 bridgehead atoms. The Morgan fingerprint density at radius 2 is 1.83 bits per heavy atom. The second kappa shape index (κ2) is 8.46. The molecule has 1 saturated carbocycles. The second-order valence-corrected chi connectivity index (χ2v) is 6.89. The van der Waals surface area contributed by atoms with Crippen molar-refractivity contribution >= 4 is 17.8 Å². The minimum Gasteiger partial charge on any atom is -0.480 e. The lowest BCUT2D eigenvalue weighted by molar-refractivity contribution is -0.157. The van der Waals surface area contributed by atoms with Gasteiger partial charge in [-0.05, 0) is 25.7 Å². The molecule has 1 atom stereocenters. The van der Waals surface area contributed by atoms with Crippen LogP contribution in [-0.4, -0.2) is 60.6 Å². The summed E-state index contributed by atoms with van der Waals surface area (Å²) in [6, 6.07) is -0.188. The fourth-order valence-electron chi connectivity index (χ4n) is 3.73. The second-order valence-electron chi connectivity index (χ2n) is 6.89. The zero-order chi connectivity index (χ0) is 17.6. The van der Waals surface area contributed by atoms with Gasteiger partial charge in [0, 0.05) is 26.2 Å². The van der Waals surface area contributed by atoms with Crippen LogP contribution in [0.4, 0.5) is 0 Å². The number of hydrogen-bond donors (Lipinski definition) is 2. The van der Waals surface area contributed by atoms with Crippen molar-refractivity contribution in [2.75, 3.05) is 26.8 Å². The molecule has 1 aliphatic heterocycles. The molecule has 7 nitrogen and oxygen atoms in total. The van der Waals surface area contributed by atoms with Crippen molar-refractivity contribution in [3.05, 3.63) is 0 Å². The van der Waals surface area contributed by atoms with Crippen molar-refractivity contribution in [3.8, 4) is 0 Å². The third-order valence-corrected chi connectivity index (χ3v) is 5.18. The van der Waals surface area contributed by atoms with Gasteiger partial charge in [-0.3, -0.25) is 14.4 Å². The van der Waals surface area contributed by atoms with Crippen LogP contribution in [0.5, 0.6) is 0 Å². The molecule has 0 aromatic carbocycles. The van der Waals surface area contributed by atoms with Gasteiger partial charge >= 0.3 is 5.97 Å². The van der Waals surface area contributed by atoms with E-state index in [2.05, 4.69) is 5.32 Å². The lowest BCUT2D eigenvalue weighted by Crippen LogP contribution is -2.55. The van der Waals surface area contributed by atoms with Crippen LogP contribution in [-0.2, 0) is 19.1 Å². The molecule has 2 amide bonds. The van der Waals surface area contributed by atoms with E-state index in [-0.39, 0.29) is 24.5 Å². The van der Waals surface area contributed by atoms with E-state index in [9.17, 15) is 19.5 Å². The summed E-state index contributed by atoms with van der Waals surface area (Å²) < 4.78 is 4.87. The van der Waals surface area contributed by atoms with E-state index in [1.165, 1.54) is 7.11 Å². The minimum absolute atomic E-state index is 0.0275. The van der Waals surface area contributed by atoms with Gasteiger partial charge in [-0.15, -0.1) is 0 Å². The smallest absolute Gasteiger partial charge is 0.319 e. The quantitative estimate of drug-likeness (QED) is 0.578. The number of carboxylic acids is 1. The number of nitrogens with one attached hydrogen (secondary N) is 1. The lowest BCUT2D eigenvalue weighted by Gasteiger charge is -2.35. The molecule has 0 radical (unpaired) electrons. The van der Waals surface area contributed by atoms with Crippen molar-refractivity contribution in [2.24, 2.45) is 5.41 Å². The molecule has 136 valence electrons. The number of ether oxygens (including phenoxy) is 1. The highest BCUT2D eigenvalue weighted by Crippen LogP contribution is 2.36. The highest BCUT2D eigenvalue weighted by atomic mass is 16.5. The normalized spacial score (nSPS) is 24.0. The molecule has 0 aromatic heterocycles. The van der Waals surface area contributed by atoms with Gasteiger partial charge in [0.1, 0.15) is 12.0 Å². The maximum atomic E-state index is 12.8. The van der Waals surface area contributed by atoms with Gasteiger partial charge < -0.3 is 20.1 Å². The third-order valence-electron chi connectivity index (χ3n) is 5.18. The highest BCUT2D eigenvalue weighted by molar-refractivity contribution is 6.02. The summed E-state index contributed by atoms with van der Waals surface area (Å²) in [5.74, 6) is -1.51. The summed E-state index contributed by atoms with van der Waals surface area (Å²) in [6.07, 6.45) is 5.83. The summed E-state index contributed by atoms with van der Waals surface area (Å²) in [5, 5.41) is 12.6. The molecule has 0 spiro atoms. The van der Waals surface area contributed by atoms with Gasteiger partial charge in [-0.25, -0.2) is 0 Å². The van der Waals surface area contributed by atoms with Crippen LogP contribution in [0, 0.1) is 5.41 Å². The minimum atomic E-state index is -1.31. The number of amides is 2. The topological polar surface area (TPSA) is 95.9 Å². The Hall–Kier alpha value is -1.63. The largest absolute Gasteiger partial charge is 0.480 e. The highest BCUT2D eigenvalue weighted by Gasteiger charge is 2.46. The van der Waals surface area contributed by atoms with Gasteiger partial charge in [-0.2, -0.15) is 0 Å². The van der Waals surface area contributed by atoms with E-state index < -0.39 is 11.4 Å². The van der Waals surface area contributed by atoms with Crippen molar-refractivity contribution < 1.29 is 24.2 Å². The van der Waals surface area contributed by atoms with Crippen molar-refractivity contribution in [3.63, 3.8) is 0 Å². The molecule has 24 heavy (non-hydrogen) atoms. The standard InChI is InChI=1S/C17H28N2O5/c1-24-12-14(20)19-10-6-7-13(11-19)18-15(21)17(16(22)23)8-4-2-3-5-9-17/h13H,2-12H2,1H3,(H,18,21)(H,22,23). The van der Waals surface area contributed by atoms with Gasteiger partial charge in [0.25, 0.3) is 0 Å². The first kappa shape index (κ1) is 18.7. The number of carbonyl (C=O) groups is 3. The number of likely N-dealkylation sites (tertiary alicyclic amines) is 1. The number of methoxy groups -OCH3 is 1. The summed E-state index contributed by atoms with van der Waals surface area (Å²) in [7, 11) is 1.48. The van der Waals surface area contributed by atoms with Gasteiger partial charge in [0.2, 0.25) is 11.8 Å². The Morgan fingerprint density at radius 1 is 1.17 bits per heavy atom. The molecule has 2 rings (SSSR count). The third kappa shape index (κ3) is 4.26. The summed E-state index contributed by atoms with van der Waals surface area (Å²) >= 11 is 0. The first-order chi connectivity index (χ1) is 11.5. The van der Waals surface area contributed by atoms with E-state index in [1.807, 2.05) is 0 Å². The Bertz CT molecular complexity index is 472. The number of carboxylic acid groups (broad SMARTS) is 1. The van der Waals surface area contributed by atoms with E-state index in [0.29, 0.717) is 25.9 Å². The van der Waals surface area contributed by atoms with Gasteiger partial charge in [-0.1, -0.05) is 25.7 Å². The fourth-order valence-corrected chi connectivity index (χ4v) is 3.73. The number of piperidine rings is 1. The molecule has 2 fully saturated rings. The number of carbonyl (C=O) groups excluding carboxylic acids is 2. The van der Waals surface area contributed by atoms with Crippen LogP contribution in [0.1, 0.15) is 51.4 Å². The van der Waals surface area contributed by atoms with Crippen molar-refractivity contribution in [1.82, 2.24) is 10.2 Å². The predicted molar refractivity (Wildman–Crippen MR) is 87.4 cm³/mol. The Morgan fingerprint density at radius 3 is 2.42 bits per heavy atom. The molecule has 2 aliphatic rings. The van der Waals surface area contributed by atoms with Crippen LogP contribution in [0.2, 0.25) is 0 Å². The number of aliphatic carboxylic acids is 1. The maximum absolute atomic E-state index is 12.8. The van der Waals surface area contributed by atoms with E-state index >= 15 is 0 Å². The Balaban J connectivity index is 2.01. The molecule has 2 N–H and O–H groups in total. The average Bonchev–Trinajstić information content (AvgIpc) is 2.82. The molecule has 1 saturated heterocycles. The Kier molecular flexibility index (Phi) is 6.60. The fraction of sp³-hybridized carbons (Fsp3) is 0.824. The van der Waals surface area contributed by atoms with Crippen LogP contribution >= 0.6 is 0 Å². The number of rotatable bonds is 5. The van der Waals surface area contributed by atoms with Gasteiger partial charge in [0.05, 0.1) is 0 Å². The molecule has 1 unspecified atom stereocenters. The van der Waals surface area contributed by atoms with Crippen LogP contribution in [0.3, 0.4) is 0 Å². The predicted octanol–water partition coefficient (Wildman–Crippen LogP) is 1.17. The van der Waals surface area contributed by atoms with E-state index in [0.717, 1.165) is 38.5 Å².